The van der Waals surface area contributed by atoms with Crippen LogP contribution in [0.15, 0.2) is 42.6 Å². The minimum atomic E-state index is -0.504. The van der Waals surface area contributed by atoms with E-state index >= 15 is 0 Å². The number of pyridine rings is 2. The van der Waals surface area contributed by atoms with Gasteiger partial charge < -0.3 is 5.32 Å². The lowest BCUT2D eigenvalue weighted by atomic mass is 10.2. The van der Waals surface area contributed by atoms with Crippen LogP contribution in [-0.4, -0.2) is 9.97 Å². The van der Waals surface area contributed by atoms with Crippen LogP contribution in [-0.2, 0) is 0 Å². The number of benzene rings is 1. The maximum absolute atomic E-state index is 13.2. The van der Waals surface area contributed by atoms with Crippen molar-refractivity contribution >= 4 is 34.1 Å². The average molecular weight is 299 g/mol. The Labute approximate surface area is 124 Å². The molecule has 6 heteroatoms. The van der Waals surface area contributed by atoms with Crippen molar-refractivity contribution in [2.75, 3.05) is 5.32 Å². The molecule has 0 bridgehead atoms. The van der Waals surface area contributed by atoms with Crippen molar-refractivity contribution in [1.29, 1.82) is 5.26 Å². The zero-order valence-corrected chi connectivity index (χ0v) is 11.4. The van der Waals surface area contributed by atoms with Crippen molar-refractivity contribution < 1.29 is 4.39 Å². The highest BCUT2D eigenvalue weighted by atomic mass is 35.5. The van der Waals surface area contributed by atoms with Gasteiger partial charge in [0, 0.05) is 17.3 Å². The van der Waals surface area contributed by atoms with E-state index in [1.165, 1.54) is 18.2 Å². The number of nitriles is 1. The highest BCUT2D eigenvalue weighted by Gasteiger charge is 2.09. The van der Waals surface area contributed by atoms with Gasteiger partial charge in [-0.2, -0.15) is 5.26 Å². The third kappa shape index (κ3) is 2.62. The predicted molar refractivity (Wildman–Crippen MR) is 78.9 cm³/mol. The molecule has 3 aromatic rings. The number of nitrogens with one attached hydrogen (secondary N) is 1. The number of halogens is 2. The molecule has 21 heavy (non-hydrogen) atoms. The molecule has 0 unspecified atom stereocenters. The van der Waals surface area contributed by atoms with Gasteiger partial charge in [0.2, 0.25) is 0 Å². The van der Waals surface area contributed by atoms with Crippen LogP contribution < -0.4 is 5.32 Å². The Bertz CT molecular complexity index is 873. The summed E-state index contributed by atoms with van der Waals surface area (Å²) in [6.45, 7) is 0. The van der Waals surface area contributed by atoms with Crippen LogP contribution in [0.4, 0.5) is 15.9 Å². The second-order valence-electron chi connectivity index (χ2n) is 4.30. The number of fused-ring (bicyclic) bond motifs is 1. The molecule has 0 aliphatic heterocycles. The van der Waals surface area contributed by atoms with Crippen molar-refractivity contribution in [2.45, 2.75) is 0 Å². The van der Waals surface area contributed by atoms with E-state index in [-0.39, 0.29) is 5.02 Å². The molecule has 0 spiro atoms. The van der Waals surface area contributed by atoms with E-state index in [0.29, 0.717) is 22.7 Å². The number of nitrogens with zero attached hydrogens (tertiary/aromatic N) is 3. The maximum atomic E-state index is 13.2. The Balaban J connectivity index is 2.06. The topological polar surface area (TPSA) is 61.6 Å². The van der Waals surface area contributed by atoms with E-state index in [0.717, 1.165) is 5.39 Å². The third-order valence-corrected chi connectivity index (χ3v) is 3.18. The van der Waals surface area contributed by atoms with Gasteiger partial charge in [0.15, 0.2) is 11.5 Å². The number of anilines is 2. The molecular weight excluding hydrogens is 291 g/mol. The molecule has 3 rings (SSSR count). The van der Waals surface area contributed by atoms with Crippen LogP contribution in [0.5, 0.6) is 0 Å². The fraction of sp³-hybridized carbons (Fsp3) is 0. The summed E-state index contributed by atoms with van der Waals surface area (Å²) in [5.74, 6) is -0.151. The van der Waals surface area contributed by atoms with Crippen LogP contribution in [0, 0.1) is 17.1 Å². The molecule has 0 radical (unpaired) electrons. The molecular formula is C15H8ClFN4. The van der Waals surface area contributed by atoms with E-state index in [2.05, 4.69) is 21.4 Å². The molecule has 1 aromatic carbocycles. The Morgan fingerprint density at radius 3 is 2.86 bits per heavy atom. The first kappa shape index (κ1) is 13.3. The number of rotatable bonds is 2. The standard InChI is InChI=1S/C15H8ClFN4/c16-12-7-11(3-4-13(12)17)20-15-10(8-18)6-9-2-1-5-19-14(9)21-15/h1-7H,(H,19,20,21). The second-order valence-corrected chi connectivity index (χ2v) is 4.71. The summed E-state index contributed by atoms with van der Waals surface area (Å²) < 4.78 is 13.2. The summed E-state index contributed by atoms with van der Waals surface area (Å²) >= 11 is 5.74. The SMILES string of the molecule is N#Cc1cc2cccnc2nc1Nc1ccc(F)c(Cl)c1. The van der Waals surface area contributed by atoms with Gasteiger partial charge >= 0.3 is 0 Å². The van der Waals surface area contributed by atoms with E-state index in [1.54, 1.807) is 18.3 Å². The summed E-state index contributed by atoms with van der Waals surface area (Å²) in [6.07, 6.45) is 1.62. The van der Waals surface area contributed by atoms with E-state index < -0.39 is 5.82 Å². The minimum absolute atomic E-state index is 0.00239. The Morgan fingerprint density at radius 2 is 2.10 bits per heavy atom. The zero-order valence-electron chi connectivity index (χ0n) is 10.6. The molecule has 0 atom stereocenters. The highest BCUT2D eigenvalue weighted by molar-refractivity contribution is 6.31. The van der Waals surface area contributed by atoms with Crippen molar-refractivity contribution in [2.24, 2.45) is 0 Å². The first-order chi connectivity index (χ1) is 10.2. The Kier molecular flexibility index (Phi) is 3.38. The Morgan fingerprint density at radius 1 is 1.24 bits per heavy atom. The van der Waals surface area contributed by atoms with E-state index in [1.807, 2.05) is 6.07 Å². The molecule has 4 nitrogen and oxygen atoms in total. The lowest BCUT2D eigenvalue weighted by Gasteiger charge is -2.09. The van der Waals surface area contributed by atoms with Crippen molar-refractivity contribution in [1.82, 2.24) is 9.97 Å². The fourth-order valence-electron chi connectivity index (χ4n) is 1.90. The normalized spacial score (nSPS) is 10.3. The smallest absolute Gasteiger partial charge is 0.161 e. The van der Waals surface area contributed by atoms with Gasteiger partial charge in [-0.1, -0.05) is 11.6 Å². The van der Waals surface area contributed by atoms with Crippen LogP contribution in [0.1, 0.15) is 5.56 Å². The number of aromatic nitrogens is 2. The van der Waals surface area contributed by atoms with Gasteiger partial charge in [0.25, 0.3) is 0 Å². The van der Waals surface area contributed by atoms with Crippen LogP contribution in [0.25, 0.3) is 11.0 Å². The van der Waals surface area contributed by atoms with E-state index in [9.17, 15) is 9.65 Å². The third-order valence-electron chi connectivity index (χ3n) is 2.89. The molecule has 0 saturated heterocycles. The predicted octanol–water partition coefficient (Wildman–Crippen LogP) is 4.04. The van der Waals surface area contributed by atoms with Crippen molar-refractivity contribution in [3.8, 4) is 6.07 Å². The summed E-state index contributed by atoms with van der Waals surface area (Å²) in [6, 6.07) is 11.6. The van der Waals surface area contributed by atoms with Gasteiger partial charge in [0.1, 0.15) is 11.9 Å². The Hall–Kier alpha value is -2.71. The highest BCUT2D eigenvalue weighted by Crippen LogP contribution is 2.25. The lowest BCUT2D eigenvalue weighted by molar-refractivity contribution is 0.628. The molecule has 2 aromatic heterocycles. The lowest BCUT2D eigenvalue weighted by Crippen LogP contribution is -1.98. The summed E-state index contributed by atoms with van der Waals surface area (Å²) in [5.41, 5.74) is 1.43. The molecule has 102 valence electrons. The minimum Gasteiger partial charge on any atom is -0.339 e. The maximum Gasteiger partial charge on any atom is 0.161 e. The average Bonchev–Trinajstić information content (AvgIpc) is 2.50. The van der Waals surface area contributed by atoms with Gasteiger partial charge in [0.05, 0.1) is 10.6 Å². The molecule has 0 saturated carbocycles. The van der Waals surface area contributed by atoms with Gasteiger partial charge in [-0.15, -0.1) is 0 Å². The monoisotopic (exact) mass is 298 g/mol. The van der Waals surface area contributed by atoms with Crippen molar-refractivity contribution in [3.63, 3.8) is 0 Å². The largest absolute Gasteiger partial charge is 0.339 e. The molecule has 0 amide bonds. The summed E-state index contributed by atoms with van der Waals surface area (Å²) in [7, 11) is 0. The first-order valence-electron chi connectivity index (χ1n) is 6.05. The summed E-state index contributed by atoms with van der Waals surface area (Å²) in [5, 5.41) is 12.9. The molecule has 2 heterocycles. The zero-order chi connectivity index (χ0) is 14.8. The second kappa shape index (κ2) is 5.35. The molecule has 0 fully saturated rings. The van der Waals surface area contributed by atoms with Crippen LogP contribution in [0.3, 0.4) is 0 Å². The molecule has 0 aliphatic carbocycles. The fourth-order valence-corrected chi connectivity index (χ4v) is 2.08. The van der Waals surface area contributed by atoms with Crippen molar-refractivity contribution in [3.05, 3.63) is 59.0 Å². The van der Waals surface area contributed by atoms with Gasteiger partial charge in [-0.3, -0.25) is 0 Å². The quantitative estimate of drug-likeness (QED) is 0.775. The van der Waals surface area contributed by atoms with Crippen LogP contribution >= 0.6 is 11.6 Å². The summed E-state index contributed by atoms with van der Waals surface area (Å²) in [4.78, 5) is 8.46. The molecule has 1 N–H and O–H groups in total. The number of hydrogen-bond acceptors (Lipinski definition) is 4. The molecule has 0 aliphatic rings. The first-order valence-corrected chi connectivity index (χ1v) is 6.43. The van der Waals surface area contributed by atoms with Gasteiger partial charge in [-0.05, 0) is 36.4 Å². The van der Waals surface area contributed by atoms with Crippen LogP contribution in [0.2, 0.25) is 5.02 Å². The number of hydrogen-bond donors (Lipinski definition) is 1. The van der Waals surface area contributed by atoms with Gasteiger partial charge in [-0.25, -0.2) is 14.4 Å². The van der Waals surface area contributed by atoms with E-state index in [4.69, 9.17) is 11.6 Å².